The number of nitrogens with zero attached hydrogens (tertiary/aromatic N) is 3. The van der Waals surface area contributed by atoms with Gasteiger partial charge in [-0.1, -0.05) is 5.16 Å². The molecule has 0 radical (unpaired) electrons. The van der Waals surface area contributed by atoms with E-state index in [9.17, 15) is 22.4 Å². The minimum absolute atomic E-state index is 0.000181. The fourth-order valence-corrected chi connectivity index (χ4v) is 5.99. The summed E-state index contributed by atoms with van der Waals surface area (Å²) in [5.74, 6) is -1.34. The Hall–Kier alpha value is -3.71. The van der Waals surface area contributed by atoms with Crippen LogP contribution in [0.15, 0.2) is 39.9 Å². The first-order valence-corrected chi connectivity index (χ1v) is 12.7. The lowest BCUT2D eigenvalue weighted by molar-refractivity contribution is 0.0771. The van der Waals surface area contributed by atoms with Crippen molar-refractivity contribution < 1.29 is 31.7 Å². The SMILES string of the molecule is Cc1cc(C(=O)N2CC3COc4c(cn(C)c4C(=O)Nc4ccc(F)c(C)c4)S(=O)(=O)NC3C2)no1. The molecule has 2 aliphatic heterocycles. The average molecular weight is 518 g/mol. The highest BCUT2D eigenvalue weighted by Crippen LogP contribution is 2.35. The van der Waals surface area contributed by atoms with E-state index < -0.39 is 27.8 Å². The Morgan fingerprint density at radius 2 is 2.00 bits per heavy atom. The summed E-state index contributed by atoms with van der Waals surface area (Å²) in [6.45, 7) is 3.68. The van der Waals surface area contributed by atoms with Gasteiger partial charge in [0.1, 0.15) is 16.5 Å². The van der Waals surface area contributed by atoms with E-state index in [2.05, 4.69) is 15.2 Å². The van der Waals surface area contributed by atoms with Crippen LogP contribution in [0.1, 0.15) is 32.3 Å². The monoisotopic (exact) mass is 517 g/mol. The van der Waals surface area contributed by atoms with Crippen molar-refractivity contribution >= 4 is 27.5 Å². The number of halogens is 1. The van der Waals surface area contributed by atoms with Crippen molar-refractivity contribution in [1.29, 1.82) is 0 Å². The fraction of sp³-hybridized carbons (Fsp3) is 0.348. The third-order valence-electron chi connectivity index (χ3n) is 6.35. The molecule has 13 heteroatoms. The largest absolute Gasteiger partial charge is 0.489 e. The second kappa shape index (κ2) is 8.75. The third-order valence-corrected chi connectivity index (χ3v) is 7.83. The maximum absolute atomic E-state index is 13.6. The van der Waals surface area contributed by atoms with E-state index in [1.165, 1.54) is 47.0 Å². The van der Waals surface area contributed by atoms with Gasteiger partial charge in [-0.25, -0.2) is 17.5 Å². The second-order valence-corrected chi connectivity index (χ2v) is 10.7. The smallest absolute Gasteiger partial charge is 0.276 e. The predicted octanol–water partition coefficient (Wildman–Crippen LogP) is 1.83. The van der Waals surface area contributed by atoms with Crippen molar-refractivity contribution in [3.63, 3.8) is 0 Å². The van der Waals surface area contributed by atoms with Gasteiger partial charge < -0.3 is 24.0 Å². The molecule has 1 saturated heterocycles. The number of anilines is 1. The van der Waals surface area contributed by atoms with E-state index in [0.29, 0.717) is 17.0 Å². The minimum Gasteiger partial charge on any atom is -0.489 e. The summed E-state index contributed by atoms with van der Waals surface area (Å²) < 4.78 is 55.1. The Bertz CT molecular complexity index is 1480. The van der Waals surface area contributed by atoms with E-state index in [4.69, 9.17) is 9.26 Å². The maximum Gasteiger partial charge on any atom is 0.276 e. The van der Waals surface area contributed by atoms with Crippen LogP contribution in [0.5, 0.6) is 5.75 Å². The summed E-state index contributed by atoms with van der Waals surface area (Å²) in [6, 6.07) is 5.06. The molecule has 2 aliphatic rings. The van der Waals surface area contributed by atoms with Gasteiger partial charge in [0.2, 0.25) is 10.0 Å². The number of aromatic nitrogens is 2. The summed E-state index contributed by atoms with van der Waals surface area (Å²) >= 11 is 0. The van der Waals surface area contributed by atoms with Crippen molar-refractivity contribution in [3.8, 4) is 5.75 Å². The molecule has 1 fully saturated rings. The lowest BCUT2D eigenvalue weighted by Crippen LogP contribution is -2.43. The number of amides is 2. The van der Waals surface area contributed by atoms with Crippen LogP contribution in [0.25, 0.3) is 0 Å². The molecule has 0 saturated carbocycles. The van der Waals surface area contributed by atoms with Crippen LogP contribution in [0, 0.1) is 25.6 Å². The molecule has 190 valence electrons. The van der Waals surface area contributed by atoms with E-state index in [0.717, 1.165) is 0 Å². The number of aryl methyl sites for hydroxylation is 3. The number of sulfonamides is 1. The molecule has 1 aromatic carbocycles. The van der Waals surface area contributed by atoms with Gasteiger partial charge in [0, 0.05) is 50.0 Å². The quantitative estimate of drug-likeness (QED) is 0.541. The normalized spacial score (nSPS) is 20.6. The third kappa shape index (κ3) is 4.24. The van der Waals surface area contributed by atoms with Crippen LogP contribution in [-0.4, -0.2) is 60.6 Å². The molecule has 0 bridgehead atoms. The number of rotatable bonds is 3. The van der Waals surface area contributed by atoms with Crippen LogP contribution in [0.3, 0.4) is 0 Å². The van der Waals surface area contributed by atoms with Crippen LogP contribution >= 0.6 is 0 Å². The summed E-state index contributed by atoms with van der Waals surface area (Å²) in [5, 5.41) is 6.41. The van der Waals surface area contributed by atoms with Gasteiger partial charge in [0.05, 0.1) is 6.61 Å². The molecule has 5 rings (SSSR count). The summed E-state index contributed by atoms with van der Waals surface area (Å²) in [4.78, 5) is 27.2. The average Bonchev–Trinajstić information content (AvgIpc) is 3.50. The molecule has 2 N–H and O–H groups in total. The van der Waals surface area contributed by atoms with Crippen molar-refractivity contribution in [3.05, 3.63) is 59.0 Å². The standard InChI is InChI=1S/C23H24FN5O6S/c1-12-6-15(4-5-16(12)24)25-22(30)20-21-19(10-28(20)3)36(32,33)27-18-9-29(8-14(18)11-34-21)23(31)17-7-13(2)35-26-17/h4-7,10,14,18,27H,8-9,11H2,1-3H3,(H,25,30). The molecule has 0 spiro atoms. The maximum atomic E-state index is 13.6. The van der Waals surface area contributed by atoms with E-state index >= 15 is 0 Å². The molecule has 0 aliphatic carbocycles. The summed E-state index contributed by atoms with van der Waals surface area (Å²) in [6.07, 6.45) is 1.30. The van der Waals surface area contributed by atoms with Crippen LogP contribution in [0.4, 0.5) is 10.1 Å². The molecule has 3 aromatic rings. The van der Waals surface area contributed by atoms with Gasteiger partial charge >= 0.3 is 0 Å². The van der Waals surface area contributed by atoms with Gasteiger partial charge in [-0.2, -0.15) is 0 Å². The van der Waals surface area contributed by atoms with Gasteiger partial charge in [-0.15, -0.1) is 0 Å². The molecule has 2 unspecified atom stereocenters. The van der Waals surface area contributed by atoms with Crippen molar-refractivity contribution in [2.45, 2.75) is 24.8 Å². The molecule has 2 atom stereocenters. The lowest BCUT2D eigenvalue weighted by Gasteiger charge is -2.23. The molecular weight excluding hydrogens is 493 g/mol. The van der Waals surface area contributed by atoms with Crippen molar-refractivity contribution in [1.82, 2.24) is 19.3 Å². The van der Waals surface area contributed by atoms with Gasteiger partial charge in [0.15, 0.2) is 17.1 Å². The van der Waals surface area contributed by atoms with Gasteiger partial charge in [0.25, 0.3) is 11.8 Å². The molecular formula is C23H24FN5O6S. The molecule has 36 heavy (non-hydrogen) atoms. The minimum atomic E-state index is -4.08. The zero-order chi connectivity index (χ0) is 25.8. The predicted molar refractivity (Wildman–Crippen MR) is 125 cm³/mol. The van der Waals surface area contributed by atoms with E-state index in [-0.39, 0.29) is 53.6 Å². The highest BCUT2D eigenvalue weighted by atomic mass is 32.2. The lowest BCUT2D eigenvalue weighted by atomic mass is 10.1. The number of benzene rings is 1. The number of ether oxygens (including phenoxy) is 1. The van der Waals surface area contributed by atoms with Crippen LogP contribution in [0.2, 0.25) is 0 Å². The second-order valence-electron chi connectivity index (χ2n) is 9.03. The Kier molecular flexibility index (Phi) is 5.83. The fourth-order valence-electron chi connectivity index (χ4n) is 4.50. The van der Waals surface area contributed by atoms with Crippen molar-refractivity contribution in [2.75, 3.05) is 25.0 Å². The van der Waals surface area contributed by atoms with Crippen LogP contribution < -0.4 is 14.8 Å². The zero-order valence-electron chi connectivity index (χ0n) is 19.7. The summed E-state index contributed by atoms with van der Waals surface area (Å²) in [5.41, 5.74) is 0.850. The topological polar surface area (TPSA) is 136 Å². The number of carbonyl (C=O) groups is 2. The van der Waals surface area contributed by atoms with Gasteiger partial charge in [-0.3, -0.25) is 9.59 Å². The number of nitrogens with one attached hydrogen (secondary N) is 2. The molecule has 2 amide bonds. The number of likely N-dealkylation sites (tertiary alicyclic amines) is 1. The first-order chi connectivity index (χ1) is 17.0. The van der Waals surface area contributed by atoms with E-state index in [1.807, 2.05) is 0 Å². The highest BCUT2D eigenvalue weighted by Gasteiger charge is 2.42. The van der Waals surface area contributed by atoms with E-state index in [1.54, 1.807) is 13.8 Å². The van der Waals surface area contributed by atoms with Crippen LogP contribution in [-0.2, 0) is 17.1 Å². The zero-order valence-corrected chi connectivity index (χ0v) is 20.6. The van der Waals surface area contributed by atoms with Crippen molar-refractivity contribution in [2.24, 2.45) is 13.0 Å². The Morgan fingerprint density at radius 1 is 1.22 bits per heavy atom. The number of carbonyl (C=O) groups excluding carboxylic acids is 2. The molecule has 4 heterocycles. The summed E-state index contributed by atoms with van der Waals surface area (Å²) in [7, 11) is -2.55. The first-order valence-electron chi connectivity index (χ1n) is 11.2. The number of hydrogen-bond donors (Lipinski definition) is 2. The first kappa shape index (κ1) is 24.0. The Labute approximate surface area is 206 Å². The number of fused-ring (bicyclic) bond motifs is 2. The Morgan fingerprint density at radius 3 is 2.69 bits per heavy atom. The molecule has 11 nitrogen and oxygen atoms in total. The number of hydrogen-bond acceptors (Lipinski definition) is 7. The van der Waals surface area contributed by atoms with Gasteiger partial charge in [-0.05, 0) is 37.6 Å². The Balaban J connectivity index is 1.41. The molecule has 2 aromatic heterocycles. The highest BCUT2D eigenvalue weighted by molar-refractivity contribution is 7.89.